The van der Waals surface area contributed by atoms with Crippen molar-refractivity contribution in [1.82, 2.24) is 10.2 Å². The first-order valence-electron chi connectivity index (χ1n) is 6.03. The fraction of sp³-hybridized carbons (Fsp3) is 0.385. The van der Waals surface area contributed by atoms with Gasteiger partial charge in [-0.25, -0.2) is 0 Å². The van der Waals surface area contributed by atoms with Crippen molar-refractivity contribution in [3.63, 3.8) is 0 Å². The lowest BCUT2D eigenvalue weighted by Gasteiger charge is -2.21. The molecule has 0 aliphatic carbocycles. The third-order valence-electron chi connectivity index (χ3n) is 2.75. The van der Waals surface area contributed by atoms with Crippen LogP contribution in [0, 0.1) is 0 Å². The lowest BCUT2D eigenvalue weighted by atomic mass is 10.2. The number of nitrogens with zero attached hydrogens (tertiary/aromatic N) is 2. The van der Waals surface area contributed by atoms with Gasteiger partial charge in [0.2, 0.25) is 0 Å². The number of hydrogen-bond acceptors (Lipinski definition) is 4. The van der Waals surface area contributed by atoms with E-state index >= 15 is 0 Å². The third-order valence-corrected chi connectivity index (χ3v) is 2.75. The van der Waals surface area contributed by atoms with E-state index in [1.807, 2.05) is 30.3 Å². The third kappa shape index (κ3) is 3.07. The summed E-state index contributed by atoms with van der Waals surface area (Å²) < 4.78 is 0. The molecule has 0 unspecified atom stereocenters. The average molecular weight is 247 g/mol. The number of aliphatic hydroxyl groups is 1. The van der Waals surface area contributed by atoms with Crippen LogP contribution >= 0.6 is 0 Å². The quantitative estimate of drug-likeness (QED) is 0.770. The number of aliphatic imine (C=N–C) groups is 1. The van der Waals surface area contributed by atoms with Crippen molar-refractivity contribution in [2.75, 3.05) is 26.2 Å². The Morgan fingerprint density at radius 2 is 2.17 bits per heavy atom. The van der Waals surface area contributed by atoms with Crippen molar-refractivity contribution in [3.05, 3.63) is 35.9 Å². The van der Waals surface area contributed by atoms with Crippen LogP contribution in [-0.2, 0) is 11.3 Å². The van der Waals surface area contributed by atoms with Gasteiger partial charge in [0, 0.05) is 19.6 Å². The molecule has 1 amide bonds. The highest BCUT2D eigenvalue weighted by Gasteiger charge is 2.21. The van der Waals surface area contributed by atoms with Crippen LogP contribution in [0.3, 0.4) is 0 Å². The molecule has 1 heterocycles. The Bertz CT molecular complexity index is 431. The van der Waals surface area contributed by atoms with Crippen LogP contribution in [0.5, 0.6) is 0 Å². The van der Waals surface area contributed by atoms with E-state index in [1.165, 1.54) is 0 Å². The molecule has 1 aromatic carbocycles. The zero-order valence-electron chi connectivity index (χ0n) is 10.2. The van der Waals surface area contributed by atoms with Gasteiger partial charge in [-0.2, -0.15) is 0 Å². The molecule has 0 spiro atoms. The summed E-state index contributed by atoms with van der Waals surface area (Å²) in [6, 6.07) is 9.72. The number of carbonyl (C=O) groups excluding carboxylic acids is 1. The van der Waals surface area contributed by atoms with Crippen LogP contribution in [0.1, 0.15) is 5.56 Å². The zero-order valence-corrected chi connectivity index (χ0v) is 10.2. The Balaban J connectivity index is 2.05. The highest BCUT2D eigenvalue weighted by Crippen LogP contribution is 2.05. The first-order valence-corrected chi connectivity index (χ1v) is 6.03. The number of hydrogen-bond donors (Lipinski definition) is 2. The van der Waals surface area contributed by atoms with Gasteiger partial charge >= 0.3 is 0 Å². The highest BCUT2D eigenvalue weighted by atomic mass is 16.3. The van der Waals surface area contributed by atoms with Crippen molar-refractivity contribution in [3.8, 4) is 0 Å². The van der Waals surface area contributed by atoms with Gasteiger partial charge in [-0.15, -0.1) is 0 Å². The molecule has 2 rings (SSSR count). The molecule has 0 saturated carbocycles. The maximum absolute atomic E-state index is 12.2. The summed E-state index contributed by atoms with van der Waals surface area (Å²) in [6.45, 7) is 2.10. The van der Waals surface area contributed by atoms with Gasteiger partial charge in [-0.3, -0.25) is 9.79 Å². The van der Waals surface area contributed by atoms with Crippen LogP contribution in [0.2, 0.25) is 0 Å². The summed E-state index contributed by atoms with van der Waals surface area (Å²) >= 11 is 0. The summed E-state index contributed by atoms with van der Waals surface area (Å²) in [4.78, 5) is 17.9. The van der Waals surface area contributed by atoms with Gasteiger partial charge in [0.25, 0.3) is 5.91 Å². The minimum Gasteiger partial charge on any atom is -0.395 e. The summed E-state index contributed by atoms with van der Waals surface area (Å²) in [5.74, 6) is 0.254. The number of amidine groups is 1. The molecule has 18 heavy (non-hydrogen) atoms. The smallest absolute Gasteiger partial charge is 0.289 e. The molecule has 0 radical (unpaired) electrons. The van der Waals surface area contributed by atoms with Crippen LogP contribution in [-0.4, -0.2) is 48.0 Å². The van der Waals surface area contributed by atoms with Crippen molar-refractivity contribution >= 4 is 11.7 Å². The van der Waals surface area contributed by atoms with E-state index in [0.29, 0.717) is 32.0 Å². The van der Waals surface area contributed by atoms with E-state index in [-0.39, 0.29) is 12.5 Å². The fourth-order valence-electron chi connectivity index (χ4n) is 1.87. The molecule has 1 aliphatic heterocycles. The topological polar surface area (TPSA) is 64.9 Å². The summed E-state index contributed by atoms with van der Waals surface area (Å²) in [5.41, 5.74) is 1.04. The van der Waals surface area contributed by atoms with Crippen molar-refractivity contribution in [1.29, 1.82) is 0 Å². The first-order chi connectivity index (χ1) is 8.81. The molecule has 1 aromatic rings. The van der Waals surface area contributed by atoms with E-state index in [9.17, 15) is 4.79 Å². The molecular weight excluding hydrogens is 230 g/mol. The first kappa shape index (κ1) is 12.6. The average Bonchev–Trinajstić information content (AvgIpc) is 2.92. The van der Waals surface area contributed by atoms with E-state index in [4.69, 9.17) is 5.11 Å². The Morgan fingerprint density at radius 3 is 2.78 bits per heavy atom. The predicted octanol–water partition coefficient (Wildman–Crippen LogP) is 0.00920. The molecule has 0 saturated heterocycles. The SMILES string of the molecule is O=C(C1=NCCN1)N(CCO)Cc1ccccc1. The molecule has 0 atom stereocenters. The number of nitrogens with one attached hydrogen (secondary N) is 1. The standard InChI is InChI=1S/C13H17N3O2/c17-9-8-16(10-11-4-2-1-3-5-11)13(18)12-14-6-7-15-12/h1-5,17H,6-10H2,(H,14,15). The van der Waals surface area contributed by atoms with E-state index in [2.05, 4.69) is 10.3 Å². The van der Waals surface area contributed by atoms with Crippen molar-refractivity contribution in [2.45, 2.75) is 6.54 Å². The number of carbonyl (C=O) groups is 1. The van der Waals surface area contributed by atoms with Gasteiger partial charge in [0.1, 0.15) is 0 Å². The van der Waals surface area contributed by atoms with Crippen molar-refractivity contribution < 1.29 is 9.90 Å². The lowest BCUT2D eigenvalue weighted by molar-refractivity contribution is -0.125. The van der Waals surface area contributed by atoms with Crippen LogP contribution in [0.4, 0.5) is 0 Å². The molecule has 2 N–H and O–H groups in total. The Morgan fingerprint density at radius 1 is 1.39 bits per heavy atom. The van der Waals surface area contributed by atoms with E-state index in [1.54, 1.807) is 4.90 Å². The van der Waals surface area contributed by atoms with Gasteiger partial charge in [-0.1, -0.05) is 30.3 Å². The van der Waals surface area contributed by atoms with E-state index < -0.39 is 0 Å². The van der Waals surface area contributed by atoms with Crippen molar-refractivity contribution in [2.24, 2.45) is 4.99 Å². The molecule has 0 bridgehead atoms. The zero-order chi connectivity index (χ0) is 12.8. The Kier molecular flexibility index (Phi) is 4.30. The molecular formula is C13H17N3O2. The number of benzene rings is 1. The minimum atomic E-state index is -0.148. The fourth-order valence-corrected chi connectivity index (χ4v) is 1.87. The summed E-state index contributed by atoms with van der Waals surface area (Å²) in [5, 5.41) is 12.0. The van der Waals surface area contributed by atoms with Crippen LogP contribution in [0.25, 0.3) is 0 Å². The highest BCUT2D eigenvalue weighted by molar-refractivity contribution is 6.38. The molecule has 5 heteroatoms. The largest absolute Gasteiger partial charge is 0.395 e. The number of aliphatic hydroxyl groups excluding tert-OH is 1. The monoisotopic (exact) mass is 247 g/mol. The second-order valence-corrected chi connectivity index (χ2v) is 4.09. The van der Waals surface area contributed by atoms with Gasteiger partial charge < -0.3 is 15.3 Å². The molecule has 0 aromatic heterocycles. The minimum absolute atomic E-state index is 0.0497. The van der Waals surface area contributed by atoms with Gasteiger partial charge in [-0.05, 0) is 5.56 Å². The lowest BCUT2D eigenvalue weighted by Crippen LogP contribution is -2.42. The molecule has 0 fully saturated rings. The second kappa shape index (κ2) is 6.16. The number of rotatable bonds is 5. The van der Waals surface area contributed by atoms with Crippen LogP contribution < -0.4 is 5.32 Å². The molecule has 96 valence electrons. The van der Waals surface area contributed by atoms with Gasteiger partial charge in [0.05, 0.1) is 13.2 Å². The van der Waals surface area contributed by atoms with Crippen LogP contribution in [0.15, 0.2) is 35.3 Å². The maximum atomic E-state index is 12.2. The van der Waals surface area contributed by atoms with E-state index in [0.717, 1.165) is 5.56 Å². The number of amides is 1. The Hall–Kier alpha value is -1.88. The predicted molar refractivity (Wildman–Crippen MR) is 69.2 cm³/mol. The summed E-state index contributed by atoms with van der Waals surface area (Å²) in [6.07, 6.45) is 0. The Labute approximate surface area is 106 Å². The molecule has 5 nitrogen and oxygen atoms in total. The summed E-state index contributed by atoms with van der Waals surface area (Å²) in [7, 11) is 0. The second-order valence-electron chi connectivity index (χ2n) is 4.09. The maximum Gasteiger partial charge on any atom is 0.289 e. The van der Waals surface area contributed by atoms with Gasteiger partial charge in [0.15, 0.2) is 5.84 Å². The normalized spacial score (nSPS) is 13.9. The molecule has 1 aliphatic rings.